The monoisotopic (exact) mass is 391 g/mol. The van der Waals surface area contributed by atoms with E-state index in [1.54, 1.807) is 4.90 Å². The lowest BCUT2D eigenvalue weighted by atomic mass is 9.98. The topological polar surface area (TPSA) is 60.9 Å². The van der Waals surface area contributed by atoms with Gasteiger partial charge in [0.25, 0.3) is 0 Å². The molecule has 0 spiro atoms. The first-order chi connectivity index (χ1) is 12.9. The Bertz CT molecular complexity index is 802. The van der Waals surface area contributed by atoms with Crippen LogP contribution in [0.2, 0.25) is 0 Å². The number of benzene rings is 1. The van der Waals surface area contributed by atoms with E-state index in [2.05, 4.69) is 28.0 Å². The van der Waals surface area contributed by atoms with Crippen molar-refractivity contribution >= 4 is 21.4 Å². The minimum atomic E-state index is -2.80. The second-order valence-electron chi connectivity index (χ2n) is 8.11. The van der Waals surface area contributed by atoms with Gasteiger partial charge < -0.3 is 4.90 Å². The minimum Gasteiger partial charge on any atom is -0.315 e. The largest absolute Gasteiger partial charge is 0.315 e. The van der Waals surface area contributed by atoms with E-state index in [9.17, 15) is 13.2 Å². The fourth-order valence-corrected chi connectivity index (χ4v) is 5.83. The van der Waals surface area contributed by atoms with Crippen LogP contribution >= 0.6 is 0 Å². The molecule has 2 fully saturated rings. The molecule has 0 aliphatic carbocycles. The first kappa shape index (κ1) is 18.9. The molecule has 1 aromatic rings. The van der Waals surface area contributed by atoms with Crippen molar-refractivity contribution in [3.8, 4) is 0 Å². The lowest BCUT2D eigenvalue weighted by Gasteiger charge is -2.40. The highest BCUT2D eigenvalue weighted by Gasteiger charge is 2.29. The molecule has 2 saturated heterocycles. The zero-order chi connectivity index (χ0) is 19.0. The van der Waals surface area contributed by atoms with E-state index >= 15 is 0 Å². The van der Waals surface area contributed by atoms with Gasteiger partial charge in [0.2, 0.25) is 5.91 Å². The summed E-state index contributed by atoms with van der Waals surface area (Å²) in [5.74, 6) is 0.835. The molecule has 0 unspecified atom stereocenters. The number of piperidine rings is 1. The van der Waals surface area contributed by atoms with Crippen LogP contribution < -0.4 is 4.90 Å². The maximum absolute atomic E-state index is 11.8. The molecular formula is C20H29N3O3S. The number of carbonyl (C=O) groups is 1. The predicted octanol–water partition coefficient (Wildman–Crippen LogP) is 1.29. The van der Waals surface area contributed by atoms with Crippen LogP contribution in [0.3, 0.4) is 0 Å². The summed E-state index contributed by atoms with van der Waals surface area (Å²) in [6.45, 7) is 4.47. The lowest BCUT2D eigenvalue weighted by Crippen LogP contribution is -2.50. The van der Waals surface area contributed by atoms with E-state index in [4.69, 9.17) is 0 Å². The molecule has 0 saturated carbocycles. The van der Waals surface area contributed by atoms with Gasteiger partial charge in [-0.2, -0.15) is 0 Å². The molecule has 148 valence electrons. The Hall–Kier alpha value is -1.44. The van der Waals surface area contributed by atoms with Gasteiger partial charge in [-0.05, 0) is 49.5 Å². The fourth-order valence-electron chi connectivity index (χ4n) is 4.60. The van der Waals surface area contributed by atoms with Gasteiger partial charge in [0, 0.05) is 44.8 Å². The number of hydrogen-bond donors (Lipinski definition) is 0. The summed E-state index contributed by atoms with van der Waals surface area (Å²) in [7, 11) is -0.940. The van der Waals surface area contributed by atoms with Crippen LogP contribution in [0.15, 0.2) is 18.2 Å². The normalized spacial score (nSPS) is 24.8. The van der Waals surface area contributed by atoms with Crippen LogP contribution in [0.5, 0.6) is 0 Å². The van der Waals surface area contributed by atoms with Crippen LogP contribution in [-0.2, 0) is 27.6 Å². The number of carbonyl (C=O) groups excluding carboxylic acids is 1. The van der Waals surface area contributed by atoms with Crippen LogP contribution in [0.25, 0.3) is 0 Å². The van der Waals surface area contributed by atoms with Crippen molar-refractivity contribution in [2.75, 3.05) is 49.6 Å². The maximum atomic E-state index is 11.8. The lowest BCUT2D eigenvalue weighted by molar-refractivity contribution is -0.118. The standard InChI is InChI=1S/C20H29N3O3S/c1-21-19-4-2-16(14-17(19)3-5-20(21)24)15-22-8-6-18(7-9-22)23-10-12-27(25,26)13-11-23/h2,4,14,18H,3,5-13,15H2,1H3. The maximum Gasteiger partial charge on any atom is 0.227 e. The molecule has 3 aliphatic heterocycles. The number of nitrogens with zero attached hydrogens (tertiary/aromatic N) is 3. The van der Waals surface area contributed by atoms with Gasteiger partial charge in [0.05, 0.1) is 11.5 Å². The van der Waals surface area contributed by atoms with Crippen molar-refractivity contribution in [2.24, 2.45) is 0 Å². The van der Waals surface area contributed by atoms with E-state index in [1.165, 1.54) is 11.1 Å². The highest BCUT2D eigenvalue weighted by molar-refractivity contribution is 7.91. The average Bonchev–Trinajstić information content (AvgIpc) is 2.66. The molecule has 6 nitrogen and oxygen atoms in total. The van der Waals surface area contributed by atoms with Crippen molar-refractivity contribution in [1.29, 1.82) is 0 Å². The molecule has 0 bridgehead atoms. The Balaban J connectivity index is 1.31. The summed E-state index contributed by atoms with van der Waals surface area (Å²) in [6, 6.07) is 7.03. The van der Waals surface area contributed by atoms with Crippen LogP contribution in [-0.4, -0.2) is 74.9 Å². The van der Waals surface area contributed by atoms with Crippen LogP contribution in [0, 0.1) is 0 Å². The van der Waals surface area contributed by atoms with Crippen LogP contribution in [0.4, 0.5) is 5.69 Å². The fraction of sp³-hybridized carbons (Fsp3) is 0.650. The third kappa shape index (κ3) is 4.20. The Morgan fingerprint density at radius 1 is 1.04 bits per heavy atom. The Kier molecular flexibility index (Phi) is 5.27. The number of fused-ring (bicyclic) bond motifs is 1. The number of aryl methyl sites for hydroxylation is 1. The van der Waals surface area contributed by atoms with Gasteiger partial charge in [0.1, 0.15) is 0 Å². The van der Waals surface area contributed by atoms with Crippen LogP contribution in [0.1, 0.15) is 30.4 Å². The van der Waals surface area contributed by atoms with Crippen molar-refractivity contribution < 1.29 is 13.2 Å². The first-order valence-corrected chi connectivity index (χ1v) is 11.8. The van der Waals surface area contributed by atoms with E-state index in [1.807, 2.05) is 7.05 Å². The molecular weight excluding hydrogens is 362 g/mol. The molecule has 0 aromatic heterocycles. The quantitative estimate of drug-likeness (QED) is 0.777. The number of likely N-dealkylation sites (tertiary alicyclic amines) is 1. The molecule has 0 atom stereocenters. The van der Waals surface area contributed by atoms with E-state index in [-0.39, 0.29) is 5.91 Å². The number of rotatable bonds is 3. The molecule has 0 radical (unpaired) electrons. The van der Waals surface area contributed by atoms with Crippen molar-refractivity contribution in [3.05, 3.63) is 29.3 Å². The average molecular weight is 392 g/mol. The molecule has 7 heteroatoms. The predicted molar refractivity (Wildman–Crippen MR) is 107 cm³/mol. The number of sulfone groups is 1. The number of anilines is 1. The smallest absolute Gasteiger partial charge is 0.227 e. The second-order valence-corrected chi connectivity index (χ2v) is 10.4. The van der Waals surface area contributed by atoms with E-state index in [0.717, 1.165) is 44.6 Å². The zero-order valence-corrected chi connectivity index (χ0v) is 16.9. The summed E-state index contributed by atoms with van der Waals surface area (Å²) >= 11 is 0. The van der Waals surface area contributed by atoms with Gasteiger partial charge in [-0.3, -0.25) is 14.6 Å². The minimum absolute atomic E-state index is 0.197. The molecule has 27 heavy (non-hydrogen) atoms. The molecule has 3 heterocycles. The molecule has 1 aromatic carbocycles. The summed E-state index contributed by atoms with van der Waals surface area (Å²) in [5.41, 5.74) is 3.65. The Morgan fingerprint density at radius 3 is 2.44 bits per heavy atom. The highest BCUT2D eigenvalue weighted by atomic mass is 32.2. The van der Waals surface area contributed by atoms with Crippen molar-refractivity contribution in [2.45, 2.75) is 38.3 Å². The third-order valence-electron chi connectivity index (χ3n) is 6.35. The van der Waals surface area contributed by atoms with E-state index in [0.29, 0.717) is 37.1 Å². The van der Waals surface area contributed by atoms with Gasteiger partial charge in [-0.15, -0.1) is 0 Å². The number of amides is 1. The summed E-state index contributed by atoms with van der Waals surface area (Å²) < 4.78 is 23.2. The highest BCUT2D eigenvalue weighted by Crippen LogP contribution is 2.28. The summed E-state index contributed by atoms with van der Waals surface area (Å²) in [5, 5.41) is 0. The van der Waals surface area contributed by atoms with Gasteiger partial charge in [-0.25, -0.2) is 8.42 Å². The molecule has 4 rings (SSSR count). The van der Waals surface area contributed by atoms with Gasteiger partial charge in [-0.1, -0.05) is 12.1 Å². The van der Waals surface area contributed by atoms with Crippen molar-refractivity contribution in [3.63, 3.8) is 0 Å². The Labute approximate surface area is 162 Å². The van der Waals surface area contributed by atoms with Crippen molar-refractivity contribution in [1.82, 2.24) is 9.80 Å². The SMILES string of the molecule is CN1C(=O)CCc2cc(CN3CCC(N4CCS(=O)(=O)CC4)CC3)ccc21. The van der Waals surface area contributed by atoms with Gasteiger partial charge in [0.15, 0.2) is 9.84 Å². The molecule has 0 N–H and O–H groups in total. The third-order valence-corrected chi connectivity index (χ3v) is 7.96. The van der Waals surface area contributed by atoms with Gasteiger partial charge >= 0.3 is 0 Å². The molecule has 3 aliphatic rings. The summed E-state index contributed by atoms with van der Waals surface area (Å²) in [4.78, 5) is 18.5. The molecule has 1 amide bonds. The zero-order valence-electron chi connectivity index (χ0n) is 16.1. The van der Waals surface area contributed by atoms with E-state index < -0.39 is 9.84 Å². The number of hydrogen-bond acceptors (Lipinski definition) is 5. The Morgan fingerprint density at radius 2 is 1.74 bits per heavy atom. The second kappa shape index (κ2) is 7.53. The first-order valence-electron chi connectivity index (χ1n) is 9.96. The summed E-state index contributed by atoms with van der Waals surface area (Å²) in [6.07, 6.45) is 3.67.